The Morgan fingerprint density at radius 3 is 2.69 bits per heavy atom. The number of phenols is 1. The monoisotopic (exact) mass is 382 g/mol. The van der Waals surface area contributed by atoms with Crippen molar-refractivity contribution in [1.82, 2.24) is 0 Å². The fourth-order valence-corrected chi connectivity index (χ4v) is 4.69. The smallest absolute Gasteiger partial charge is 0.171 e. The molecule has 5 rings (SSSR count). The van der Waals surface area contributed by atoms with Crippen molar-refractivity contribution in [3.8, 4) is 11.5 Å². The summed E-state index contributed by atoms with van der Waals surface area (Å²) in [4.78, 5) is 13.8. The van der Waals surface area contributed by atoms with E-state index < -0.39 is 0 Å². The van der Waals surface area contributed by atoms with E-state index in [0.717, 1.165) is 40.7 Å². The molecule has 3 aromatic carbocycles. The van der Waals surface area contributed by atoms with Gasteiger partial charge in [-0.15, -0.1) is 0 Å². The Morgan fingerprint density at radius 1 is 1.07 bits per heavy atom. The fourth-order valence-electron chi connectivity index (χ4n) is 4.69. The first-order chi connectivity index (χ1) is 14.2. The quantitative estimate of drug-likeness (QED) is 0.631. The molecule has 0 fully saturated rings. The number of hydrogen-bond donors (Lipinski definition) is 1. The van der Waals surface area contributed by atoms with Crippen molar-refractivity contribution in [3.05, 3.63) is 89.0 Å². The number of aromatic hydroxyl groups is 1. The van der Waals surface area contributed by atoms with Gasteiger partial charge in [0.1, 0.15) is 11.5 Å². The Morgan fingerprint density at radius 2 is 1.90 bits per heavy atom. The number of rotatable bonds is 3. The van der Waals surface area contributed by atoms with E-state index in [4.69, 9.17) is 4.74 Å². The van der Waals surface area contributed by atoms with Crippen LogP contribution in [0.1, 0.15) is 34.3 Å². The molecule has 3 heteroatoms. The van der Waals surface area contributed by atoms with Gasteiger partial charge in [-0.3, -0.25) is 4.79 Å². The molecule has 2 aliphatic rings. The van der Waals surface area contributed by atoms with Crippen LogP contribution in [0.5, 0.6) is 11.5 Å². The number of hydrogen-bond acceptors (Lipinski definition) is 3. The zero-order valence-corrected chi connectivity index (χ0v) is 16.3. The summed E-state index contributed by atoms with van der Waals surface area (Å²) in [6.45, 7) is 0. The van der Waals surface area contributed by atoms with E-state index in [-0.39, 0.29) is 17.5 Å². The molecule has 1 unspecified atom stereocenters. The maximum atomic E-state index is 13.8. The number of Topliss-reactive ketones (excluding diaryl/α,β-unsaturated/α-hetero) is 1. The molecule has 0 aromatic heterocycles. The van der Waals surface area contributed by atoms with E-state index in [0.29, 0.717) is 17.4 Å². The van der Waals surface area contributed by atoms with Crippen LogP contribution in [0.2, 0.25) is 0 Å². The summed E-state index contributed by atoms with van der Waals surface area (Å²) >= 11 is 0. The lowest BCUT2D eigenvalue weighted by molar-refractivity contribution is 0.0936. The summed E-state index contributed by atoms with van der Waals surface area (Å²) in [5.74, 6) is 0.878. The highest BCUT2D eigenvalue weighted by molar-refractivity contribution is 6.18. The third-order valence-electron chi connectivity index (χ3n) is 6.11. The Balaban J connectivity index is 1.68. The summed E-state index contributed by atoms with van der Waals surface area (Å²) < 4.78 is 5.26. The van der Waals surface area contributed by atoms with E-state index in [1.54, 1.807) is 13.2 Å². The molecule has 1 N–H and O–H groups in total. The molecular formula is C26H22O3. The van der Waals surface area contributed by atoms with Crippen LogP contribution in [0.15, 0.2) is 72.3 Å². The molecule has 144 valence electrons. The molecule has 0 heterocycles. The van der Waals surface area contributed by atoms with Crippen LogP contribution in [0.25, 0.3) is 16.3 Å². The summed E-state index contributed by atoms with van der Waals surface area (Å²) in [7, 11) is 1.65. The van der Waals surface area contributed by atoms with Gasteiger partial charge >= 0.3 is 0 Å². The molecule has 0 spiro atoms. The minimum Gasteiger partial charge on any atom is -0.507 e. The van der Waals surface area contributed by atoms with Gasteiger partial charge in [-0.2, -0.15) is 0 Å². The van der Waals surface area contributed by atoms with Gasteiger partial charge in [0, 0.05) is 16.9 Å². The highest BCUT2D eigenvalue weighted by Gasteiger charge is 2.35. The third-order valence-corrected chi connectivity index (χ3v) is 6.11. The van der Waals surface area contributed by atoms with Crippen molar-refractivity contribution in [1.29, 1.82) is 0 Å². The Kier molecular flexibility index (Phi) is 4.24. The molecule has 0 amide bonds. The number of phenolic OH excluding ortho intramolecular Hbond substituents is 1. The van der Waals surface area contributed by atoms with E-state index in [9.17, 15) is 9.90 Å². The second-order valence-electron chi connectivity index (χ2n) is 7.71. The van der Waals surface area contributed by atoms with Gasteiger partial charge in [-0.1, -0.05) is 54.1 Å². The molecule has 0 saturated heterocycles. The maximum absolute atomic E-state index is 13.8. The number of benzene rings is 3. The topological polar surface area (TPSA) is 46.5 Å². The molecule has 2 aliphatic carbocycles. The first-order valence-corrected chi connectivity index (χ1v) is 9.99. The minimum absolute atomic E-state index is 0.108. The second kappa shape index (κ2) is 6.93. The first-order valence-electron chi connectivity index (χ1n) is 9.99. The predicted octanol–water partition coefficient (Wildman–Crippen LogP) is 5.71. The lowest BCUT2D eigenvalue weighted by Gasteiger charge is -2.31. The fraction of sp³-hybridized carbons (Fsp3) is 0.192. The van der Waals surface area contributed by atoms with Crippen molar-refractivity contribution in [2.24, 2.45) is 5.92 Å². The minimum atomic E-state index is -0.207. The van der Waals surface area contributed by atoms with Gasteiger partial charge in [-0.25, -0.2) is 0 Å². The second-order valence-corrected chi connectivity index (χ2v) is 7.71. The van der Waals surface area contributed by atoms with Gasteiger partial charge in [-0.05, 0) is 59.5 Å². The number of carbonyl (C=O) groups is 1. The van der Waals surface area contributed by atoms with Gasteiger partial charge in [0.25, 0.3) is 0 Å². The van der Waals surface area contributed by atoms with E-state index in [1.807, 2.05) is 48.5 Å². The normalized spacial score (nSPS) is 18.0. The third kappa shape index (κ3) is 2.85. The number of ketones is 1. The van der Waals surface area contributed by atoms with Crippen LogP contribution in [0, 0.1) is 5.92 Å². The molecule has 3 aromatic rings. The van der Waals surface area contributed by atoms with Crippen molar-refractivity contribution in [2.45, 2.75) is 19.3 Å². The molecule has 0 radical (unpaired) electrons. The molecule has 1 atom stereocenters. The standard InChI is InChI=1S/C26H22O3/c1-29-18-12-9-16(10-13-18)15-22-20-7-3-2-6-19(20)21-14-11-17-5-4-8-23(27)24(17)25(21)26(22)28/h2,4-6,8-14,22,27H,3,7,15H2,1H3. The lowest BCUT2D eigenvalue weighted by atomic mass is 9.71. The summed E-state index contributed by atoms with van der Waals surface area (Å²) in [5.41, 5.74) is 5.08. The van der Waals surface area contributed by atoms with E-state index >= 15 is 0 Å². The molecule has 0 bridgehead atoms. The zero-order valence-electron chi connectivity index (χ0n) is 16.3. The summed E-state index contributed by atoms with van der Waals surface area (Å²) in [6, 6.07) is 17.4. The van der Waals surface area contributed by atoms with Crippen LogP contribution in [0.4, 0.5) is 0 Å². The van der Waals surface area contributed by atoms with Crippen molar-refractivity contribution < 1.29 is 14.6 Å². The van der Waals surface area contributed by atoms with Crippen LogP contribution in [-0.4, -0.2) is 18.0 Å². The molecule has 3 nitrogen and oxygen atoms in total. The van der Waals surface area contributed by atoms with Crippen LogP contribution >= 0.6 is 0 Å². The Hall–Kier alpha value is -3.33. The average molecular weight is 382 g/mol. The SMILES string of the molecule is COc1ccc(CC2C(=O)c3c(ccc4cccc(O)c34)C3=C2CCC=C3)cc1. The van der Waals surface area contributed by atoms with Gasteiger partial charge in [0.05, 0.1) is 7.11 Å². The summed E-state index contributed by atoms with van der Waals surface area (Å²) in [6.07, 6.45) is 6.84. The largest absolute Gasteiger partial charge is 0.507 e. The van der Waals surface area contributed by atoms with E-state index in [1.165, 1.54) is 5.57 Å². The zero-order chi connectivity index (χ0) is 20.0. The average Bonchev–Trinajstić information content (AvgIpc) is 2.76. The van der Waals surface area contributed by atoms with Gasteiger partial charge in [0.15, 0.2) is 5.78 Å². The molecule has 0 saturated carbocycles. The van der Waals surface area contributed by atoms with Crippen LogP contribution < -0.4 is 4.74 Å². The van der Waals surface area contributed by atoms with Crippen molar-refractivity contribution >= 4 is 22.1 Å². The lowest BCUT2D eigenvalue weighted by Crippen LogP contribution is -2.27. The highest BCUT2D eigenvalue weighted by Crippen LogP contribution is 2.45. The van der Waals surface area contributed by atoms with Gasteiger partial charge in [0.2, 0.25) is 0 Å². The number of fused-ring (bicyclic) bond motifs is 4. The van der Waals surface area contributed by atoms with Crippen LogP contribution in [0.3, 0.4) is 0 Å². The number of methoxy groups -OCH3 is 1. The Bertz CT molecular complexity index is 1180. The number of ether oxygens (including phenoxy) is 1. The predicted molar refractivity (Wildman–Crippen MR) is 115 cm³/mol. The number of carbonyl (C=O) groups excluding carboxylic acids is 1. The van der Waals surface area contributed by atoms with Crippen LogP contribution in [-0.2, 0) is 6.42 Å². The van der Waals surface area contributed by atoms with Gasteiger partial charge < -0.3 is 9.84 Å². The summed E-state index contributed by atoms with van der Waals surface area (Å²) in [5, 5.41) is 12.1. The first kappa shape index (κ1) is 17.7. The molecular weight excluding hydrogens is 360 g/mol. The van der Waals surface area contributed by atoms with Crippen molar-refractivity contribution in [2.75, 3.05) is 7.11 Å². The van der Waals surface area contributed by atoms with E-state index in [2.05, 4.69) is 12.2 Å². The highest BCUT2D eigenvalue weighted by atomic mass is 16.5. The maximum Gasteiger partial charge on any atom is 0.171 e. The molecule has 0 aliphatic heterocycles. The van der Waals surface area contributed by atoms with Crippen molar-refractivity contribution in [3.63, 3.8) is 0 Å². The molecule has 29 heavy (non-hydrogen) atoms. The Labute approximate surface area is 169 Å². The number of allylic oxidation sites excluding steroid dienone is 4.